The van der Waals surface area contributed by atoms with E-state index in [2.05, 4.69) is 4.98 Å². The van der Waals surface area contributed by atoms with Crippen molar-refractivity contribution in [1.29, 1.82) is 0 Å². The van der Waals surface area contributed by atoms with Crippen LogP contribution in [0, 0.1) is 0 Å². The molecule has 1 fully saturated rings. The van der Waals surface area contributed by atoms with Crippen molar-refractivity contribution in [1.82, 2.24) is 4.98 Å². The Balaban J connectivity index is 2.27. The van der Waals surface area contributed by atoms with Gasteiger partial charge < -0.3 is 25.8 Å². The Morgan fingerprint density at radius 2 is 2.17 bits per heavy atom. The molecule has 7 nitrogen and oxygen atoms in total. The van der Waals surface area contributed by atoms with Gasteiger partial charge in [0.2, 0.25) is 0 Å². The SMILES string of the molecule is NC(=O)c1cc([C@@H]2O[C@H](CO)[C@@H](O)[C@H]2O)ccn1. The lowest BCUT2D eigenvalue weighted by molar-refractivity contribution is -0.0228. The number of nitrogens with two attached hydrogens (primary N) is 1. The van der Waals surface area contributed by atoms with E-state index < -0.39 is 36.9 Å². The van der Waals surface area contributed by atoms with Crippen LogP contribution in [0.3, 0.4) is 0 Å². The molecule has 0 spiro atoms. The summed E-state index contributed by atoms with van der Waals surface area (Å²) in [6.07, 6.45) is -2.66. The van der Waals surface area contributed by atoms with Crippen molar-refractivity contribution in [2.75, 3.05) is 6.61 Å². The van der Waals surface area contributed by atoms with Crippen LogP contribution in [0.5, 0.6) is 0 Å². The number of nitrogens with zero attached hydrogens (tertiary/aromatic N) is 1. The van der Waals surface area contributed by atoms with Crippen molar-refractivity contribution in [3.8, 4) is 0 Å². The van der Waals surface area contributed by atoms with Gasteiger partial charge in [-0.15, -0.1) is 0 Å². The molecule has 1 aliphatic heterocycles. The maximum absolute atomic E-state index is 11.0. The summed E-state index contributed by atoms with van der Waals surface area (Å²) in [4.78, 5) is 14.8. The Morgan fingerprint density at radius 1 is 1.44 bits per heavy atom. The Hall–Kier alpha value is -1.54. The van der Waals surface area contributed by atoms with Gasteiger partial charge in [-0.25, -0.2) is 0 Å². The molecule has 7 heteroatoms. The molecule has 0 aliphatic carbocycles. The van der Waals surface area contributed by atoms with Crippen LogP contribution in [0.4, 0.5) is 0 Å². The van der Waals surface area contributed by atoms with Crippen molar-refractivity contribution in [3.05, 3.63) is 29.6 Å². The predicted molar refractivity (Wildman–Crippen MR) is 59.5 cm³/mol. The second-order valence-electron chi connectivity index (χ2n) is 4.10. The Bertz CT molecular complexity index is 453. The topological polar surface area (TPSA) is 126 Å². The molecule has 18 heavy (non-hydrogen) atoms. The standard InChI is InChI=1S/C11H14N2O5/c12-11(17)6-3-5(1-2-13-6)10-9(16)8(15)7(4-14)18-10/h1-3,7-10,14-16H,4H2,(H2,12,17)/t7-,8-,9-,10+/m1/s1. The summed E-state index contributed by atoms with van der Waals surface area (Å²) in [6.45, 7) is -0.400. The van der Waals surface area contributed by atoms with Crippen molar-refractivity contribution < 1.29 is 24.9 Å². The first-order valence-electron chi connectivity index (χ1n) is 5.42. The number of carbonyl (C=O) groups is 1. The Morgan fingerprint density at radius 3 is 2.72 bits per heavy atom. The number of aliphatic hydroxyl groups excluding tert-OH is 3. The fourth-order valence-corrected chi connectivity index (χ4v) is 1.93. The monoisotopic (exact) mass is 254 g/mol. The van der Waals surface area contributed by atoms with Crippen LogP contribution in [0.25, 0.3) is 0 Å². The van der Waals surface area contributed by atoms with E-state index in [4.69, 9.17) is 15.6 Å². The fraction of sp³-hybridized carbons (Fsp3) is 0.455. The zero-order valence-electron chi connectivity index (χ0n) is 9.43. The number of ether oxygens (including phenoxy) is 1. The molecule has 2 heterocycles. The van der Waals surface area contributed by atoms with E-state index in [0.717, 1.165) is 0 Å². The van der Waals surface area contributed by atoms with E-state index in [0.29, 0.717) is 5.56 Å². The van der Waals surface area contributed by atoms with E-state index in [1.54, 1.807) is 6.07 Å². The van der Waals surface area contributed by atoms with E-state index in [1.165, 1.54) is 12.3 Å². The minimum absolute atomic E-state index is 0.0465. The third kappa shape index (κ3) is 2.21. The smallest absolute Gasteiger partial charge is 0.267 e. The maximum atomic E-state index is 11.0. The first-order valence-corrected chi connectivity index (χ1v) is 5.42. The number of amides is 1. The van der Waals surface area contributed by atoms with E-state index >= 15 is 0 Å². The minimum Gasteiger partial charge on any atom is -0.394 e. The van der Waals surface area contributed by atoms with Gasteiger partial charge in [0.1, 0.15) is 30.1 Å². The molecular formula is C11H14N2O5. The van der Waals surface area contributed by atoms with Crippen LogP contribution in [-0.4, -0.2) is 51.1 Å². The van der Waals surface area contributed by atoms with Crippen LogP contribution < -0.4 is 5.73 Å². The number of aromatic nitrogens is 1. The van der Waals surface area contributed by atoms with Gasteiger partial charge in [-0.05, 0) is 17.7 Å². The van der Waals surface area contributed by atoms with Gasteiger partial charge in [0.25, 0.3) is 5.91 Å². The van der Waals surface area contributed by atoms with Crippen molar-refractivity contribution in [2.45, 2.75) is 24.4 Å². The number of rotatable bonds is 3. The second-order valence-corrected chi connectivity index (χ2v) is 4.10. The molecule has 2 rings (SSSR count). The largest absolute Gasteiger partial charge is 0.394 e. The van der Waals surface area contributed by atoms with Crippen LogP contribution in [0.15, 0.2) is 18.3 Å². The molecule has 5 N–H and O–H groups in total. The summed E-state index contributed by atoms with van der Waals surface area (Å²) in [6, 6.07) is 2.94. The highest BCUT2D eigenvalue weighted by Gasteiger charge is 2.43. The van der Waals surface area contributed by atoms with E-state index in [1.807, 2.05) is 0 Å². The number of hydrogen-bond donors (Lipinski definition) is 4. The summed E-state index contributed by atoms with van der Waals surface area (Å²) < 4.78 is 5.33. The number of primary amides is 1. The van der Waals surface area contributed by atoms with E-state index in [-0.39, 0.29) is 5.69 Å². The quantitative estimate of drug-likeness (QED) is 0.511. The molecule has 0 unspecified atom stereocenters. The average Bonchev–Trinajstić information content (AvgIpc) is 2.66. The lowest BCUT2D eigenvalue weighted by atomic mass is 10.0. The van der Waals surface area contributed by atoms with Gasteiger partial charge in [-0.1, -0.05) is 0 Å². The van der Waals surface area contributed by atoms with Crippen LogP contribution in [0.1, 0.15) is 22.2 Å². The Kier molecular flexibility index (Phi) is 3.58. The highest BCUT2D eigenvalue weighted by atomic mass is 16.6. The number of hydrogen-bond acceptors (Lipinski definition) is 6. The molecule has 0 saturated carbocycles. The number of aliphatic hydroxyl groups is 3. The summed E-state index contributed by atoms with van der Waals surface area (Å²) in [5.74, 6) is -0.691. The molecule has 0 bridgehead atoms. The van der Waals surface area contributed by atoms with Crippen molar-refractivity contribution in [2.24, 2.45) is 5.73 Å². The average molecular weight is 254 g/mol. The van der Waals surface area contributed by atoms with Gasteiger partial charge in [0.05, 0.1) is 6.61 Å². The van der Waals surface area contributed by atoms with Crippen molar-refractivity contribution in [3.63, 3.8) is 0 Å². The van der Waals surface area contributed by atoms with Crippen LogP contribution in [-0.2, 0) is 4.74 Å². The number of carbonyl (C=O) groups excluding carboxylic acids is 1. The lowest BCUT2D eigenvalue weighted by Crippen LogP contribution is -2.32. The molecule has 0 radical (unpaired) electrons. The molecule has 1 aromatic rings. The molecule has 1 saturated heterocycles. The summed E-state index contributed by atoms with van der Waals surface area (Å²) in [5.41, 5.74) is 5.62. The van der Waals surface area contributed by atoms with Crippen LogP contribution >= 0.6 is 0 Å². The van der Waals surface area contributed by atoms with Gasteiger partial charge in [-0.2, -0.15) is 0 Å². The zero-order chi connectivity index (χ0) is 13.3. The third-order valence-corrected chi connectivity index (χ3v) is 2.91. The molecule has 1 aliphatic rings. The highest BCUT2D eigenvalue weighted by Crippen LogP contribution is 2.33. The first-order chi connectivity index (χ1) is 8.54. The lowest BCUT2D eigenvalue weighted by Gasteiger charge is -2.15. The normalized spacial score (nSPS) is 31.5. The molecule has 0 aromatic carbocycles. The van der Waals surface area contributed by atoms with Gasteiger partial charge in [-0.3, -0.25) is 9.78 Å². The molecular weight excluding hydrogens is 240 g/mol. The third-order valence-electron chi connectivity index (χ3n) is 2.91. The van der Waals surface area contributed by atoms with Crippen molar-refractivity contribution >= 4 is 5.91 Å². The molecule has 1 aromatic heterocycles. The predicted octanol–water partition coefficient (Wildman–Crippen LogP) is -1.67. The summed E-state index contributed by atoms with van der Waals surface area (Å²) in [7, 11) is 0. The number of pyridine rings is 1. The maximum Gasteiger partial charge on any atom is 0.267 e. The first kappa shape index (κ1) is 12.9. The summed E-state index contributed by atoms with van der Waals surface area (Å²) in [5, 5.41) is 28.4. The van der Waals surface area contributed by atoms with Gasteiger partial charge in [0, 0.05) is 6.20 Å². The Labute approximate surface area is 103 Å². The minimum atomic E-state index is -1.18. The molecule has 4 atom stereocenters. The second kappa shape index (κ2) is 4.99. The van der Waals surface area contributed by atoms with Crippen LogP contribution in [0.2, 0.25) is 0 Å². The molecule has 98 valence electrons. The fourth-order valence-electron chi connectivity index (χ4n) is 1.93. The zero-order valence-corrected chi connectivity index (χ0v) is 9.43. The van der Waals surface area contributed by atoms with Gasteiger partial charge in [0.15, 0.2) is 0 Å². The molecule has 1 amide bonds. The highest BCUT2D eigenvalue weighted by molar-refractivity contribution is 5.90. The van der Waals surface area contributed by atoms with Gasteiger partial charge >= 0.3 is 0 Å². The van der Waals surface area contributed by atoms with E-state index in [9.17, 15) is 15.0 Å². The summed E-state index contributed by atoms with van der Waals surface area (Å²) >= 11 is 0.